The predicted octanol–water partition coefficient (Wildman–Crippen LogP) is 2.49. The summed E-state index contributed by atoms with van der Waals surface area (Å²) in [4.78, 5) is 4.11. The standard InChI is InChI=1S/C16H18N4O3S/c1-3-15-18-16(23-19-15)12(2)24(21,22)11-13-9-17-20(10-13)14-7-5-4-6-8-14/h4-10,12H,3,11H2,1-2H3/t12-/m1/s1. The van der Waals surface area contributed by atoms with E-state index in [-0.39, 0.29) is 11.6 Å². The molecule has 0 fully saturated rings. The molecule has 3 aromatic rings. The number of rotatable bonds is 6. The molecule has 0 bridgehead atoms. The molecule has 0 saturated carbocycles. The molecule has 0 aliphatic rings. The van der Waals surface area contributed by atoms with Crippen LogP contribution in [0.1, 0.15) is 36.4 Å². The molecule has 0 aliphatic carbocycles. The number of sulfone groups is 1. The third-order valence-electron chi connectivity index (χ3n) is 3.71. The molecule has 1 aromatic carbocycles. The number of aromatic nitrogens is 4. The lowest BCUT2D eigenvalue weighted by molar-refractivity contribution is 0.371. The molecule has 0 amide bonds. The molecule has 0 aliphatic heterocycles. The summed E-state index contributed by atoms with van der Waals surface area (Å²) in [5.41, 5.74) is 1.49. The van der Waals surface area contributed by atoms with E-state index in [1.54, 1.807) is 24.0 Å². The SMILES string of the molecule is CCc1noc([C@@H](C)S(=O)(=O)Cc2cnn(-c3ccccc3)c2)n1. The Morgan fingerprint density at radius 3 is 2.67 bits per heavy atom. The van der Waals surface area contributed by atoms with E-state index >= 15 is 0 Å². The average molecular weight is 346 g/mol. The summed E-state index contributed by atoms with van der Waals surface area (Å²) in [5, 5.41) is 7.12. The van der Waals surface area contributed by atoms with Gasteiger partial charge in [-0.05, 0) is 19.1 Å². The summed E-state index contributed by atoms with van der Waals surface area (Å²) in [6.45, 7) is 3.44. The molecular weight excluding hydrogens is 328 g/mol. The highest BCUT2D eigenvalue weighted by atomic mass is 32.2. The topological polar surface area (TPSA) is 90.9 Å². The maximum Gasteiger partial charge on any atom is 0.244 e. The lowest BCUT2D eigenvalue weighted by Gasteiger charge is -2.07. The van der Waals surface area contributed by atoms with Crippen LogP contribution in [-0.2, 0) is 22.0 Å². The van der Waals surface area contributed by atoms with Gasteiger partial charge in [-0.2, -0.15) is 10.1 Å². The quantitative estimate of drug-likeness (QED) is 0.681. The number of hydrogen-bond donors (Lipinski definition) is 0. The molecule has 0 radical (unpaired) electrons. The van der Waals surface area contributed by atoms with Gasteiger partial charge in [0.25, 0.3) is 0 Å². The zero-order valence-electron chi connectivity index (χ0n) is 13.5. The molecule has 0 N–H and O–H groups in total. The van der Waals surface area contributed by atoms with E-state index in [4.69, 9.17) is 4.52 Å². The van der Waals surface area contributed by atoms with Gasteiger partial charge in [0.2, 0.25) is 5.89 Å². The first kappa shape index (κ1) is 16.4. The second-order valence-corrected chi connectivity index (χ2v) is 7.80. The Bertz CT molecular complexity index is 916. The molecule has 1 atom stereocenters. The normalized spacial score (nSPS) is 13.1. The lowest BCUT2D eigenvalue weighted by Crippen LogP contribution is -2.13. The first-order chi connectivity index (χ1) is 11.5. The van der Waals surface area contributed by atoms with Gasteiger partial charge in [-0.15, -0.1) is 0 Å². The number of benzene rings is 1. The van der Waals surface area contributed by atoms with Gasteiger partial charge >= 0.3 is 0 Å². The van der Waals surface area contributed by atoms with Gasteiger partial charge < -0.3 is 4.52 Å². The van der Waals surface area contributed by atoms with E-state index in [1.807, 2.05) is 37.3 Å². The zero-order chi connectivity index (χ0) is 17.2. The van der Waals surface area contributed by atoms with Crippen LogP contribution in [0.15, 0.2) is 47.2 Å². The summed E-state index contributed by atoms with van der Waals surface area (Å²) < 4.78 is 31.9. The van der Waals surface area contributed by atoms with E-state index in [1.165, 1.54) is 0 Å². The average Bonchev–Trinajstić information content (AvgIpc) is 3.23. The second-order valence-electron chi connectivity index (χ2n) is 5.48. The van der Waals surface area contributed by atoms with Crippen molar-refractivity contribution in [2.24, 2.45) is 0 Å². The predicted molar refractivity (Wildman–Crippen MR) is 88.3 cm³/mol. The molecule has 2 heterocycles. The van der Waals surface area contributed by atoms with E-state index in [0.29, 0.717) is 17.8 Å². The van der Waals surface area contributed by atoms with Crippen LogP contribution in [0.5, 0.6) is 0 Å². The van der Waals surface area contributed by atoms with Crippen molar-refractivity contribution in [3.8, 4) is 5.69 Å². The van der Waals surface area contributed by atoms with Crippen LogP contribution in [0.25, 0.3) is 5.69 Å². The molecule has 0 unspecified atom stereocenters. The minimum absolute atomic E-state index is 0.127. The number of nitrogens with zero attached hydrogens (tertiary/aromatic N) is 4. The number of hydrogen-bond acceptors (Lipinski definition) is 6. The van der Waals surface area contributed by atoms with Crippen molar-refractivity contribution in [3.63, 3.8) is 0 Å². The lowest BCUT2D eigenvalue weighted by atomic mass is 10.3. The number of aryl methyl sites for hydroxylation is 1. The molecule has 126 valence electrons. The summed E-state index contributed by atoms with van der Waals surface area (Å²) in [5.74, 6) is 0.497. The molecule has 8 heteroatoms. The molecule has 0 saturated heterocycles. The Balaban J connectivity index is 1.78. The number of para-hydroxylation sites is 1. The van der Waals surface area contributed by atoms with Crippen molar-refractivity contribution in [3.05, 3.63) is 60.0 Å². The van der Waals surface area contributed by atoms with Gasteiger partial charge in [-0.1, -0.05) is 30.3 Å². The minimum atomic E-state index is -3.48. The smallest absolute Gasteiger partial charge is 0.244 e. The van der Waals surface area contributed by atoms with Gasteiger partial charge in [0.05, 0.1) is 17.6 Å². The maximum atomic E-state index is 12.6. The molecule has 7 nitrogen and oxygen atoms in total. The fraction of sp³-hybridized carbons (Fsp3) is 0.312. The van der Waals surface area contributed by atoms with Crippen LogP contribution >= 0.6 is 0 Å². The fourth-order valence-corrected chi connectivity index (χ4v) is 3.51. The molecule has 3 rings (SSSR count). The van der Waals surface area contributed by atoms with Crippen LogP contribution in [0, 0.1) is 0 Å². The van der Waals surface area contributed by atoms with E-state index in [9.17, 15) is 8.42 Å². The van der Waals surface area contributed by atoms with Crippen molar-refractivity contribution >= 4 is 9.84 Å². The van der Waals surface area contributed by atoms with Crippen molar-refractivity contribution in [1.29, 1.82) is 0 Å². The minimum Gasteiger partial charge on any atom is -0.338 e. The highest BCUT2D eigenvalue weighted by Gasteiger charge is 2.28. The Kier molecular flexibility index (Phi) is 4.48. The Morgan fingerprint density at radius 2 is 2.00 bits per heavy atom. The Hall–Kier alpha value is -2.48. The van der Waals surface area contributed by atoms with E-state index in [2.05, 4.69) is 15.2 Å². The van der Waals surface area contributed by atoms with Crippen LogP contribution in [-0.4, -0.2) is 28.3 Å². The Labute approximate surface area is 140 Å². The summed E-state index contributed by atoms with van der Waals surface area (Å²) in [6.07, 6.45) is 3.87. The van der Waals surface area contributed by atoms with Crippen molar-refractivity contribution in [2.75, 3.05) is 0 Å². The van der Waals surface area contributed by atoms with Crippen LogP contribution in [0.2, 0.25) is 0 Å². The highest BCUT2D eigenvalue weighted by Crippen LogP contribution is 2.24. The fourth-order valence-electron chi connectivity index (χ4n) is 2.24. The van der Waals surface area contributed by atoms with Gasteiger partial charge in [-0.25, -0.2) is 13.1 Å². The molecule has 2 aromatic heterocycles. The van der Waals surface area contributed by atoms with Crippen LogP contribution in [0.3, 0.4) is 0 Å². The third-order valence-corrected chi connectivity index (χ3v) is 5.73. The second kappa shape index (κ2) is 6.56. The largest absolute Gasteiger partial charge is 0.338 e. The van der Waals surface area contributed by atoms with Crippen molar-refractivity contribution < 1.29 is 12.9 Å². The summed E-state index contributed by atoms with van der Waals surface area (Å²) in [6, 6.07) is 9.51. The van der Waals surface area contributed by atoms with E-state index < -0.39 is 15.1 Å². The molecular formula is C16H18N4O3S. The van der Waals surface area contributed by atoms with Crippen molar-refractivity contribution in [2.45, 2.75) is 31.3 Å². The maximum absolute atomic E-state index is 12.6. The first-order valence-electron chi connectivity index (χ1n) is 7.62. The first-order valence-corrected chi connectivity index (χ1v) is 9.34. The zero-order valence-corrected chi connectivity index (χ0v) is 14.3. The van der Waals surface area contributed by atoms with Crippen LogP contribution < -0.4 is 0 Å². The summed E-state index contributed by atoms with van der Waals surface area (Å²) >= 11 is 0. The van der Waals surface area contributed by atoms with Gasteiger partial charge in [0.1, 0.15) is 5.25 Å². The Morgan fingerprint density at radius 1 is 1.25 bits per heavy atom. The van der Waals surface area contributed by atoms with Gasteiger partial charge in [-0.3, -0.25) is 0 Å². The van der Waals surface area contributed by atoms with Gasteiger partial charge in [0.15, 0.2) is 15.7 Å². The summed E-state index contributed by atoms with van der Waals surface area (Å²) in [7, 11) is -3.48. The van der Waals surface area contributed by atoms with E-state index in [0.717, 1.165) is 5.69 Å². The molecule has 0 spiro atoms. The van der Waals surface area contributed by atoms with Crippen molar-refractivity contribution in [1.82, 2.24) is 19.9 Å². The van der Waals surface area contributed by atoms with Gasteiger partial charge in [0, 0.05) is 18.2 Å². The monoisotopic (exact) mass is 346 g/mol. The molecule has 24 heavy (non-hydrogen) atoms. The highest BCUT2D eigenvalue weighted by molar-refractivity contribution is 7.90. The third kappa shape index (κ3) is 3.38. The van der Waals surface area contributed by atoms with Crippen LogP contribution in [0.4, 0.5) is 0 Å².